The van der Waals surface area contributed by atoms with Gasteiger partial charge in [-0.15, -0.1) is 0 Å². The van der Waals surface area contributed by atoms with Gasteiger partial charge in [-0.25, -0.2) is 0 Å². The van der Waals surface area contributed by atoms with Gasteiger partial charge >= 0.3 is 6.18 Å². The Morgan fingerprint density at radius 2 is 1.84 bits per heavy atom. The summed E-state index contributed by atoms with van der Waals surface area (Å²) in [7, 11) is 1.59. The summed E-state index contributed by atoms with van der Waals surface area (Å²) in [4.78, 5) is 0. The Labute approximate surface area is 109 Å². The SMILES string of the molecule is COCCCC/C(=N/O)c1ccc(C(F)(F)F)cc1. The third kappa shape index (κ3) is 4.90. The van der Waals surface area contributed by atoms with Gasteiger partial charge in [-0.05, 0) is 37.0 Å². The highest BCUT2D eigenvalue weighted by atomic mass is 19.4. The first kappa shape index (κ1) is 15.5. The molecule has 1 aromatic carbocycles. The van der Waals surface area contributed by atoms with Crippen LogP contribution in [0, 0.1) is 0 Å². The number of rotatable bonds is 6. The highest BCUT2D eigenvalue weighted by Gasteiger charge is 2.30. The van der Waals surface area contributed by atoms with Crippen LogP contribution in [0.5, 0.6) is 0 Å². The summed E-state index contributed by atoms with van der Waals surface area (Å²) in [5.41, 5.74) is 0.158. The molecular formula is C13H16F3NO2. The summed E-state index contributed by atoms with van der Waals surface area (Å²) in [5, 5.41) is 12.0. The van der Waals surface area contributed by atoms with Gasteiger partial charge in [0.25, 0.3) is 0 Å². The number of halogens is 3. The quantitative estimate of drug-likeness (QED) is 0.372. The predicted octanol–water partition coefficient (Wildman–Crippen LogP) is 3.70. The summed E-state index contributed by atoms with van der Waals surface area (Å²) >= 11 is 0. The number of ether oxygens (including phenoxy) is 1. The van der Waals surface area contributed by atoms with Gasteiger partial charge in [0.2, 0.25) is 0 Å². The van der Waals surface area contributed by atoms with Crippen LogP contribution < -0.4 is 0 Å². The number of oxime groups is 1. The molecule has 0 aromatic heterocycles. The standard InChI is InChI=1S/C13H16F3NO2/c1-19-9-3-2-4-12(17-18)10-5-7-11(8-6-10)13(14,15)16/h5-8,18H,2-4,9H2,1H3/b17-12-. The van der Waals surface area contributed by atoms with Crippen molar-refractivity contribution in [1.82, 2.24) is 0 Å². The number of alkyl halides is 3. The van der Waals surface area contributed by atoms with Gasteiger partial charge in [0.05, 0.1) is 11.3 Å². The Morgan fingerprint density at radius 1 is 1.21 bits per heavy atom. The number of nitrogens with zero attached hydrogens (tertiary/aromatic N) is 1. The van der Waals surface area contributed by atoms with Gasteiger partial charge < -0.3 is 9.94 Å². The fraction of sp³-hybridized carbons (Fsp3) is 0.462. The Bertz CT molecular complexity index is 413. The van der Waals surface area contributed by atoms with E-state index in [1.165, 1.54) is 12.1 Å². The number of hydrogen-bond donors (Lipinski definition) is 1. The zero-order valence-corrected chi connectivity index (χ0v) is 10.6. The molecule has 0 fully saturated rings. The predicted molar refractivity (Wildman–Crippen MR) is 65.5 cm³/mol. The molecule has 0 bridgehead atoms. The fourth-order valence-corrected chi connectivity index (χ4v) is 1.64. The van der Waals surface area contributed by atoms with Crippen molar-refractivity contribution in [2.75, 3.05) is 13.7 Å². The molecular weight excluding hydrogens is 259 g/mol. The monoisotopic (exact) mass is 275 g/mol. The van der Waals surface area contributed by atoms with E-state index in [0.717, 1.165) is 25.0 Å². The van der Waals surface area contributed by atoms with Crippen molar-refractivity contribution in [1.29, 1.82) is 0 Å². The van der Waals surface area contributed by atoms with Crippen molar-refractivity contribution < 1.29 is 23.1 Å². The van der Waals surface area contributed by atoms with E-state index in [4.69, 9.17) is 9.94 Å². The van der Waals surface area contributed by atoms with Crippen molar-refractivity contribution in [2.45, 2.75) is 25.4 Å². The minimum atomic E-state index is -4.35. The number of hydrogen-bond acceptors (Lipinski definition) is 3. The zero-order chi connectivity index (χ0) is 14.3. The molecule has 0 saturated carbocycles. The molecule has 0 radical (unpaired) electrons. The summed E-state index contributed by atoms with van der Waals surface area (Å²) in [6.45, 7) is 0.603. The van der Waals surface area contributed by atoms with Crippen LogP contribution in [0.2, 0.25) is 0 Å². The Morgan fingerprint density at radius 3 is 2.32 bits per heavy atom. The van der Waals surface area contributed by atoms with Gasteiger partial charge in [-0.3, -0.25) is 0 Å². The van der Waals surface area contributed by atoms with Crippen LogP contribution in [0.3, 0.4) is 0 Å². The van der Waals surface area contributed by atoms with E-state index in [-0.39, 0.29) is 0 Å². The van der Waals surface area contributed by atoms with Crippen LogP contribution in [0.1, 0.15) is 30.4 Å². The Balaban J connectivity index is 2.67. The molecule has 19 heavy (non-hydrogen) atoms. The lowest BCUT2D eigenvalue weighted by Gasteiger charge is -2.08. The molecule has 3 nitrogen and oxygen atoms in total. The second kappa shape index (κ2) is 7.13. The molecule has 0 unspecified atom stereocenters. The molecule has 1 rings (SSSR count). The molecule has 0 saturated heterocycles. The molecule has 0 aliphatic heterocycles. The third-order valence-corrected chi connectivity index (χ3v) is 2.68. The molecule has 1 N–H and O–H groups in total. The van der Waals surface area contributed by atoms with Crippen molar-refractivity contribution in [2.24, 2.45) is 5.16 Å². The average Bonchev–Trinajstić information content (AvgIpc) is 2.38. The molecule has 0 heterocycles. The maximum absolute atomic E-state index is 12.4. The van der Waals surface area contributed by atoms with E-state index < -0.39 is 11.7 Å². The molecule has 6 heteroatoms. The number of unbranched alkanes of at least 4 members (excludes halogenated alkanes) is 1. The molecule has 0 atom stereocenters. The normalized spacial score (nSPS) is 12.7. The van der Waals surface area contributed by atoms with Crippen LogP contribution >= 0.6 is 0 Å². The highest BCUT2D eigenvalue weighted by Crippen LogP contribution is 2.29. The van der Waals surface area contributed by atoms with Gasteiger partial charge in [0.1, 0.15) is 0 Å². The Hall–Kier alpha value is -1.56. The first-order chi connectivity index (χ1) is 8.99. The minimum Gasteiger partial charge on any atom is -0.411 e. The molecule has 0 aliphatic carbocycles. The van der Waals surface area contributed by atoms with Crippen LogP contribution in [-0.4, -0.2) is 24.6 Å². The maximum Gasteiger partial charge on any atom is 0.416 e. The highest BCUT2D eigenvalue weighted by molar-refractivity contribution is 6.00. The lowest BCUT2D eigenvalue weighted by molar-refractivity contribution is -0.137. The van der Waals surface area contributed by atoms with Gasteiger partial charge in [-0.2, -0.15) is 13.2 Å². The van der Waals surface area contributed by atoms with Crippen molar-refractivity contribution in [3.05, 3.63) is 35.4 Å². The second-order valence-electron chi connectivity index (χ2n) is 4.07. The lowest BCUT2D eigenvalue weighted by atomic mass is 10.0. The topological polar surface area (TPSA) is 41.8 Å². The van der Waals surface area contributed by atoms with E-state index in [0.29, 0.717) is 24.3 Å². The number of methoxy groups -OCH3 is 1. The smallest absolute Gasteiger partial charge is 0.411 e. The Kier molecular flexibility index (Phi) is 5.82. The summed E-state index contributed by atoms with van der Waals surface area (Å²) in [6, 6.07) is 4.59. The second-order valence-corrected chi connectivity index (χ2v) is 4.07. The molecule has 106 valence electrons. The van der Waals surface area contributed by atoms with Crippen LogP contribution in [0.4, 0.5) is 13.2 Å². The van der Waals surface area contributed by atoms with E-state index >= 15 is 0 Å². The van der Waals surface area contributed by atoms with E-state index in [2.05, 4.69) is 5.16 Å². The average molecular weight is 275 g/mol. The van der Waals surface area contributed by atoms with Gasteiger partial charge in [0.15, 0.2) is 0 Å². The third-order valence-electron chi connectivity index (χ3n) is 2.68. The molecule has 1 aromatic rings. The lowest BCUT2D eigenvalue weighted by Crippen LogP contribution is -2.07. The summed E-state index contributed by atoms with van der Waals surface area (Å²) in [5.74, 6) is 0. The molecule has 0 amide bonds. The van der Waals surface area contributed by atoms with E-state index in [1.54, 1.807) is 7.11 Å². The first-order valence-electron chi connectivity index (χ1n) is 5.86. The van der Waals surface area contributed by atoms with Crippen LogP contribution in [0.15, 0.2) is 29.4 Å². The minimum absolute atomic E-state index is 0.379. The number of benzene rings is 1. The van der Waals surface area contributed by atoms with Crippen molar-refractivity contribution >= 4 is 5.71 Å². The van der Waals surface area contributed by atoms with Gasteiger partial charge in [-0.1, -0.05) is 17.3 Å². The fourth-order valence-electron chi connectivity index (χ4n) is 1.64. The van der Waals surface area contributed by atoms with Crippen LogP contribution in [0.25, 0.3) is 0 Å². The maximum atomic E-state index is 12.4. The van der Waals surface area contributed by atoms with E-state index in [9.17, 15) is 13.2 Å². The van der Waals surface area contributed by atoms with Crippen molar-refractivity contribution in [3.8, 4) is 0 Å². The largest absolute Gasteiger partial charge is 0.416 e. The summed E-state index contributed by atoms with van der Waals surface area (Å²) < 4.78 is 42.1. The molecule has 0 aliphatic rings. The first-order valence-corrected chi connectivity index (χ1v) is 5.86. The van der Waals surface area contributed by atoms with E-state index in [1.807, 2.05) is 0 Å². The summed E-state index contributed by atoms with van der Waals surface area (Å²) in [6.07, 6.45) is -2.32. The molecule has 0 spiro atoms. The van der Waals surface area contributed by atoms with Gasteiger partial charge in [0, 0.05) is 13.7 Å². The van der Waals surface area contributed by atoms with Crippen LogP contribution in [-0.2, 0) is 10.9 Å². The van der Waals surface area contributed by atoms with Crippen molar-refractivity contribution in [3.63, 3.8) is 0 Å². The zero-order valence-electron chi connectivity index (χ0n) is 10.6.